The van der Waals surface area contributed by atoms with Crippen LogP contribution in [0.15, 0.2) is 24.3 Å². The summed E-state index contributed by atoms with van der Waals surface area (Å²) in [6.07, 6.45) is 0. The van der Waals surface area contributed by atoms with E-state index in [1.165, 1.54) is 11.7 Å². The SMILES string of the molecule is Cl[C@@H]1c2ccccc2-c2nsnc2[C@H]1Cl. The van der Waals surface area contributed by atoms with E-state index >= 15 is 0 Å². The first-order valence-corrected chi connectivity index (χ1v) is 6.09. The first-order chi connectivity index (χ1) is 7.29. The van der Waals surface area contributed by atoms with Gasteiger partial charge in [0.2, 0.25) is 0 Å². The third-order valence-corrected chi connectivity index (χ3v) is 4.16. The molecule has 2 nitrogen and oxygen atoms in total. The number of hydrogen-bond donors (Lipinski definition) is 0. The minimum Gasteiger partial charge on any atom is -0.176 e. The Hall–Kier alpha value is -0.640. The van der Waals surface area contributed by atoms with Gasteiger partial charge in [0.1, 0.15) is 11.4 Å². The zero-order chi connectivity index (χ0) is 10.4. The summed E-state index contributed by atoms with van der Waals surface area (Å²) in [6.45, 7) is 0. The van der Waals surface area contributed by atoms with Crippen LogP contribution in [-0.2, 0) is 0 Å². The third kappa shape index (κ3) is 1.30. The van der Waals surface area contributed by atoms with Crippen LogP contribution in [-0.4, -0.2) is 8.75 Å². The van der Waals surface area contributed by atoms with E-state index < -0.39 is 0 Å². The largest absolute Gasteiger partial charge is 0.176 e. The van der Waals surface area contributed by atoms with Crippen molar-refractivity contribution >= 4 is 34.9 Å². The Balaban J connectivity index is 2.32. The summed E-state index contributed by atoms with van der Waals surface area (Å²) >= 11 is 13.7. The lowest BCUT2D eigenvalue weighted by molar-refractivity contribution is 0.843. The van der Waals surface area contributed by atoms with Crippen LogP contribution in [0, 0.1) is 0 Å². The van der Waals surface area contributed by atoms with Gasteiger partial charge in [-0.2, -0.15) is 8.75 Å². The van der Waals surface area contributed by atoms with Crippen molar-refractivity contribution < 1.29 is 0 Å². The summed E-state index contributed by atoms with van der Waals surface area (Å²) in [5, 5.41) is -0.505. The minimum atomic E-state index is -0.282. The molecule has 5 heteroatoms. The highest BCUT2D eigenvalue weighted by Gasteiger charge is 2.33. The van der Waals surface area contributed by atoms with Crippen LogP contribution in [0.1, 0.15) is 22.0 Å². The lowest BCUT2D eigenvalue weighted by atomic mass is 9.92. The smallest absolute Gasteiger partial charge is 0.109 e. The summed E-state index contributed by atoms with van der Waals surface area (Å²) in [5.41, 5.74) is 3.78. The third-order valence-electron chi connectivity index (χ3n) is 2.55. The monoisotopic (exact) mass is 256 g/mol. The van der Waals surface area contributed by atoms with Gasteiger partial charge >= 0.3 is 0 Å². The topological polar surface area (TPSA) is 25.8 Å². The van der Waals surface area contributed by atoms with Crippen LogP contribution < -0.4 is 0 Å². The van der Waals surface area contributed by atoms with Gasteiger partial charge in [-0.1, -0.05) is 24.3 Å². The second-order valence-corrected chi connectivity index (χ2v) is 4.86. The molecule has 0 fully saturated rings. The molecular formula is C10H6Cl2N2S. The molecule has 1 aromatic carbocycles. The molecule has 0 amide bonds. The Bertz CT molecular complexity index is 512. The number of aromatic nitrogens is 2. The van der Waals surface area contributed by atoms with Gasteiger partial charge in [-0.3, -0.25) is 0 Å². The van der Waals surface area contributed by atoms with E-state index in [2.05, 4.69) is 8.75 Å². The van der Waals surface area contributed by atoms with Gasteiger partial charge in [-0.05, 0) is 5.56 Å². The number of alkyl halides is 2. The quantitative estimate of drug-likeness (QED) is 0.671. The van der Waals surface area contributed by atoms with E-state index in [-0.39, 0.29) is 10.8 Å². The summed E-state index contributed by atoms with van der Waals surface area (Å²) < 4.78 is 8.47. The maximum atomic E-state index is 6.29. The van der Waals surface area contributed by atoms with Gasteiger partial charge in [-0.25, -0.2) is 0 Å². The Kier molecular flexibility index (Phi) is 2.20. The Morgan fingerprint density at radius 1 is 1.07 bits per heavy atom. The molecule has 0 saturated carbocycles. The van der Waals surface area contributed by atoms with E-state index in [9.17, 15) is 0 Å². The number of rotatable bonds is 0. The van der Waals surface area contributed by atoms with Crippen molar-refractivity contribution in [3.63, 3.8) is 0 Å². The highest BCUT2D eigenvalue weighted by Crippen LogP contribution is 2.49. The standard InChI is InChI=1S/C10H6Cl2N2S/c11-7-5-3-1-2-4-6(5)9-10(8(7)12)14-15-13-9/h1-4,7-8H/t7-,8+/m1/s1. The van der Waals surface area contributed by atoms with Crippen molar-refractivity contribution in [1.29, 1.82) is 0 Å². The molecule has 2 atom stereocenters. The van der Waals surface area contributed by atoms with E-state index in [1.54, 1.807) is 0 Å². The van der Waals surface area contributed by atoms with Gasteiger partial charge in [0.05, 0.1) is 22.5 Å². The molecule has 1 aliphatic carbocycles. The number of benzene rings is 1. The molecule has 0 saturated heterocycles. The van der Waals surface area contributed by atoms with Crippen LogP contribution in [0.2, 0.25) is 0 Å². The average Bonchev–Trinajstić information content (AvgIpc) is 2.75. The highest BCUT2D eigenvalue weighted by molar-refractivity contribution is 6.99. The van der Waals surface area contributed by atoms with Crippen molar-refractivity contribution in [2.75, 3.05) is 0 Å². The predicted molar refractivity (Wildman–Crippen MR) is 62.5 cm³/mol. The van der Waals surface area contributed by atoms with Crippen LogP contribution >= 0.6 is 34.9 Å². The average molecular weight is 257 g/mol. The lowest BCUT2D eigenvalue weighted by Gasteiger charge is -2.23. The van der Waals surface area contributed by atoms with Crippen LogP contribution in [0.3, 0.4) is 0 Å². The molecule has 1 aliphatic rings. The van der Waals surface area contributed by atoms with Crippen molar-refractivity contribution in [2.24, 2.45) is 0 Å². The first-order valence-electron chi connectivity index (χ1n) is 4.49. The number of hydrogen-bond acceptors (Lipinski definition) is 3. The minimum absolute atomic E-state index is 0.223. The second-order valence-electron chi connectivity index (χ2n) is 3.39. The molecule has 15 heavy (non-hydrogen) atoms. The molecule has 0 N–H and O–H groups in total. The molecule has 0 unspecified atom stereocenters. The molecule has 2 aromatic rings. The van der Waals surface area contributed by atoms with Crippen LogP contribution in [0.5, 0.6) is 0 Å². The molecule has 1 aromatic heterocycles. The molecular weight excluding hydrogens is 251 g/mol. The van der Waals surface area contributed by atoms with Gasteiger partial charge in [0, 0.05) is 5.56 Å². The van der Waals surface area contributed by atoms with Crippen LogP contribution in [0.4, 0.5) is 0 Å². The van der Waals surface area contributed by atoms with Crippen molar-refractivity contribution in [1.82, 2.24) is 8.75 Å². The van der Waals surface area contributed by atoms with E-state index in [0.29, 0.717) is 0 Å². The van der Waals surface area contributed by atoms with E-state index in [0.717, 1.165) is 22.5 Å². The van der Waals surface area contributed by atoms with Crippen molar-refractivity contribution in [3.05, 3.63) is 35.5 Å². The molecule has 76 valence electrons. The Morgan fingerprint density at radius 2 is 1.87 bits per heavy atom. The fourth-order valence-electron chi connectivity index (χ4n) is 1.81. The van der Waals surface area contributed by atoms with E-state index in [1.807, 2.05) is 24.3 Å². The first kappa shape index (κ1) is 9.58. The van der Waals surface area contributed by atoms with Crippen LogP contribution in [0.25, 0.3) is 11.3 Å². The fraction of sp³-hybridized carbons (Fsp3) is 0.200. The van der Waals surface area contributed by atoms with Gasteiger partial charge in [0.25, 0.3) is 0 Å². The van der Waals surface area contributed by atoms with Crippen molar-refractivity contribution in [2.45, 2.75) is 10.8 Å². The van der Waals surface area contributed by atoms with E-state index in [4.69, 9.17) is 23.2 Å². The number of fused-ring (bicyclic) bond motifs is 3. The molecule has 3 rings (SSSR count). The zero-order valence-corrected chi connectivity index (χ0v) is 9.85. The maximum absolute atomic E-state index is 6.29. The van der Waals surface area contributed by atoms with Gasteiger partial charge in [0.15, 0.2) is 0 Å². The molecule has 0 aliphatic heterocycles. The Labute approximate surface area is 101 Å². The summed E-state index contributed by atoms with van der Waals surface area (Å²) in [7, 11) is 0. The maximum Gasteiger partial charge on any atom is 0.109 e. The number of halogens is 2. The highest BCUT2D eigenvalue weighted by atomic mass is 35.5. The predicted octanol–water partition coefficient (Wildman–Crippen LogP) is 3.78. The van der Waals surface area contributed by atoms with Gasteiger partial charge in [-0.15, -0.1) is 23.2 Å². The normalized spacial score (nSPS) is 23.3. The van der Waals surface area contributed by atoms with Gasteiger partial charge < -0.3 is 0 Å². The molecule has 0 bridgehead atoms. The summed E-state index contributed by atoms with van der Waals surface area (Å²) in [4.78, 5) is 0. The lowest BCUT2D eigenvalue weighted by Crippen LogP contribution is -2.09. The molecule has 1 heterocycles. The molecule has 0 radical (unpaired) electrons. The molecule has 0 spiro atoms. The second kappa shape index (κ2) is 3.44. The fourth-order valence-corrected chi connectivity index (χ4v) is 3.07. The summed E-state index contributed by atoms with van der Waals surface area (Å²) in [5.74, 6) is 0. The zero-order valence-electron chi connectivity index (χ0n) is 7.52. The number of nitrogens with zero attached hydrogens (tertiary/aromatic N) is 2. The Morgan fingerprint density at radius 3 is 2.73 bits per heavy atom. The van der Waals surface area contributed by atoms with Crippen molar-refractivity contribution in [3.8, 4) is 11.3 Å². The summed E-state index contributed by atoms with van der Waals surface area (Å²) in [6, 6.07) is 7.93.